The van der Waals surface area contributed by atoms with Crippen molar-refractivity contribution in [3.05, 3.63) is 11.7 Å². The maximum absolute atomic E-state index is 12.5. The third-order valence-electron chi connectivity index (χ3n) is 5.04. The van der Waals surface area contributed by atoms with Crippen LogP contribution in [0, 0.1) is 0 Å². The van der Waals surface area contributed by atoms with E-state index in [2.05, 4.69) is 10.1 Å². The molecule has 132 valence electrons. The highest BCUT2D eigenvalue weighted by Gasteiger charge is 2.35. The molecule has 0 bridgehead atoms. The molecule has 7 nitrogen and oxygen atoms in total. The number of hydrogen-bond acceptors (Lipinski definition) is 6. The molecular formula is C17H25N3O4. The molecule has 3 aliphatic rings. The molecule has 1 aromatic rings. The molecule has 1 aliphatic carbocycles. The topological polar surface area (TPSA) is 77.7 Å². The van der Waals surface area contributed by atoms with Crippen LogP contribution in [0.4, 0.5) is 0 Å². The van der Waals surface area contributed by atoms with Crippen LogP contribution in [0.2, 0.25) is 0 Å². The van der Waals surface area contributed by atoms with Gasteiger partial charge in [0.15, 0.2) is 5.82 Å². The molecule has 0 spiro atoms. The lowest BCUT2D eigenvalue weighted by Gasteiger charge is -2.22. The Kier molecular flexibility index (Phi) is 4.80. The minimum Gasteiger partial charge on any atom is -0.378 e. The van der Waals surface area contributed by atoms with Gasteiger partial charge in [0.05, 0.1) is 31.8 Å². The zero-order valence-corrected chi connectivity index (χ0v) is 14.0. The van der Waals surface area contributed by atoms with E-state index in [1.807, 2.05) is 4.90 Å². The molecule has 0 aromatic carbocycles. The number of aromatic nitrogens is 2. The normalized spacial score (nSPS) is 27.1. The molecule has 0 unspecified atom stereocenters. The molecule has 7 heteroatoms. The second-order valence-corrected chi connectivity index (χ2v) is 6.97. The number of likely N-dealkylation sites (tertiary alicyclic amines) is 1. The van der Waals surface area contributed by atoms with Crippen molar-refractivity contribution in [1.82, 2.24) is 15.0 Å². The molecule has 0 N–H and O–H groups in total. The highest BCUT2D eigenvalue weighted by atomic mass is 16.5. The van der Waals surface area contributed by atoms with Gasteiger partial charge in [0.25, 0.3) is 0 Å². The Hall–Kier alpha value is -1.47. The summed E-state index contributed by atoms with van der Waals surface area (Å²) in [6.45, 7) is 2.63. The van der Waals surface area contributed by atoms with E-state index in [-0.39, 0.29) is 18.1 Å². The molecular weight excluding hydrogens is 310 g/mol. The van der Waals surface area contributed by atoms with Gasteiger partial charge in [-0.2, -0.15) is 4.98 Å². The molecule has 2 atom stereocenters. The highest BCUT2D eigenvalue weighted by Crippen LogP contribution is 2.40. The lowest BCUT2D eigenvalue weighted by atomic mass is 10.2. The summed E-state index contributed by atoms with van der Waals surface area (Å²) >= 11 is 0. The van der Waals surface area contributed by atoms with Crippen molar-refractivity contribution in [2.45, 2.75) is 63.0 Å². The fourth-order valence-corrected chi connectivity index (χ4v) is 3.51. The van der Waals surface area contributed by atoms with Crippen LogP contribution in [0.5, 0.6) is 0 Å². The number of rotatable bonds is 7. The second kappa shape index (κ2) is 7.19. The number of nitrogens with zero attached hydrogens (tertiary/aromatic N) is 3. The van der Waals surface area contributed by atoms with Crippen LogP contribution in [0.1, 0.15) is 68.6 Å². The Morgan fingerprint density at radius 1 is 1.25 bits per heavy atom. The fourth-order valence-electron chi connectivity index (χ4n) is 3.51. The van der Waals surface area contributed by atoms with Gasteiger partial charge in [-0.1, -0.05) is 5.16 Å². The van der Waals surface area contributed by atoms with Crippen molar-refractivity contribution < 1.29 is 18.8 Å². The molecule has 0 radical (unpaired) electrons. The van der Waals surface area contributed by atoms with Crippen molar-refractivity contribution in [3.63, 3.8) is 0 Å². The van der Waals surface area contributed by atoms with Crippen molar-refractivity contribution in [2.75, 3.05) is 26.4 Å². The molecule has 1 aromatic heterocycles. The maximum Gasteiger partial charge on any atom is 0.229 e. The van der Waals surface area contributed by atoms with Crippen LogP contribution in [-0.2, 0) is 14.3 Å². The molecule has 24 heavy (non-hydrogen) atoms. The number of hydrogen-bond donors (Lipinski definition) is 0. The summed E-state index contributed by atoms with van der Waals surface area (Å²) in [6.07, 6.45) is 6.94. The summed E-state index contributed by atoms with van der Waals surface area (Å²) in [6, 6.07) is -0.0353. The average Bonchev–Trinajstić information content (AvgIpc) is 3.03. The van der Waals surface area contributed by atoms with Gasteiger partial charge in [-0.3, -0.25) is 4.79 Å². The number of carbonyl (C=O) groups is 1. The zero-order valence-electron chi connectivity index (χ0n) is 14.0. The maximum atomic E-state index is 12.5. The monoisotopic (exact) mass is 335 g/mol. The molecule has 2 aliphatic heterocycles. The van der Waals surface area contributed by atoms with E-state index < -0.39 is 0 Å². The number of amides is 1. The first kappa shape index (κ1) is 16.0. The van der Waals surface area contributed by atoms with Gasteiger partial charge in [-0.05, 0) is 38.5 Å². The molecule has 1 amide bonds. The van der Waals surface area contributed by atoms with E-state index >= 15 is 0 Å². The Morgan fingerprint density at radius 2 is 2.17 bits per heavy atom. The lowest BCUT2D eigenvalue weighted by Crippen LogP contribution is -2.32. The quantitative estimate of drug-likeness (QED) is 0.711. The first-order valence-electron chi connectivity index (χ1n) is 9.13. The van der Waals surface area contributed by atoms with Crippen LogP contribution in [-0.4, -0.2) is 53.4 Å². The van der Waals surface area contributed by atoms with Gasteiger partial charge in [0.2, 0.25) is 11.8 Å². The van der Waals surface area contributed by atoms with E-state index in [1.54, 1.807) is 0 Å². The molecule has 2 saturated heterocycles. The smallest absolute Gasteiger partial charge is 0.229 e. The number of ether oxygens (including phenoxy) is 2. The Morgan fingerprint density at radius 3 is 2.96 bits per heavy atom. The fraction of sp³-hybridized carbons (Fsp3) is 0.824. The summed E-state index contributed by atoms with van der Waals surface area (Å²) in [5.74, 6) is 1.97. The number of carbonyl (C=O) groups excluding carboxylic acids is 1. The SMILES string of the molecule is O=C(CCOC[C@H]1CCCO1)N1CCC[C@H]1c1noc(C2CC2)n1. The summed E-state index contributed by atoms with van der Waals surface area (Å²) < 4.78 is 16.5. The van der Waals surface area contributed by atoms with Gasteiger partial charge in [-0.25, -0.2) is 0 Å². The predicted octanol–water partition coefficient (Wildman–Crippen LogP) is 2.20. The van der Waals surface area contributed by atoms with Gasteiger partial charge in [0, 0.05) is 19.1 Å². The summed E-state index contributed by atoms with van der Waals surface area (Å²) in [4.78, 5) is 18.9. The predicted molar refractivity (Wildman–Crippen MR) is 84.4 cm³/mol. The Balaban J connectivity index is 1.26. The second-order valence-electron chi connectivity index (χ2n) is 6.97. The van der Waals surface area contributed by atoms with Crippen molar-refractivity contribution in [2.24, 2.45) is 0 Å². The molecule has 4 rings (SSSR count). The van der Waals surface area contributed by atoms with Crippen molar-refractivity contribution >= 4 is 5.91 Å². The minimum atomic E-state index is -0.0353. The summed E-state index contributed by atoms with van der Waals surface area (Å²) in [5.41, 5.74) is 0. The molecule has 3 fully saturated rings. The molecule has 3 heterocycles. The van der Waals surface area contributed by atoms with E-state index in [0.717, 1.165) is 57.6 Å². The summed E-state index contributed by atoms with van der Waals surface area (Å²) in [5, 5.41) is 4.11. The third-order valence-corrected chi connectivity index (χ3v) is 5.04. The van der Waals surface area contributed by atoms with Gasteiger partial charge < -0.3 is 18.9 Å². The standard InChI is InChI=1S/C17H25N3O4/c21-15(7-10-22-11-13-3-2-9-23-13)20-8-1-4-14(20)16-18-17(24-19-16)12-5-6-12/h12-14H,1-11H2/t13-,14+/m1/s1. The van der Waals surface area contributed by atoms with Crippen LogP contribution in [0.3, 0.4) is 0 Å². The summed E-state index contributed by atoms with van der Waals surface area (Å²) in [7, 11) is 0. The zero-order chi connectivity index (χ0) is 16.4. The van der Waals surface area contributed by atoms with Gasteiger partial charge in [-0.15, -0.1) is 0 Å². The highest BCUT2D eigenvalue weighted by molar-refractivity contribution is 5.77. The first-order valence-corrected chi connectivity index (χ1v) is 9.13. The molecule has 1 saturated carbocycles. The van der Waals surface area contributed by atoms with Crippen LogP contribution in [0.15, 0.2) is 4.52 Å². The minimum absolute atomic E-state index is 0.0353. The average molecular weight is 335 g/mol. The van der Waals surface area contributed by atoms with Crippen LogP contribution in [0.25, 0.3) is 0 Å². The Labute approximate surface area is 141 Å². The van der Waals surface area contributed by atoms with Gasteiger partial charge in [0.1, 0.15) is 0 Å². The van der Waals surface area contributed by atoms with E-state index in [0.29, 0.717) is 31.4 Å². The lowest BCUT2D eigenvalue weighted by molar-refractivity contribution is -0.133. The van der Waals surface area contributed by atoms with E-state index in [9.17, 15) is 4.79 Å². The largest absolute Gasteiger partial charge is 0.378 e. The first-order chi connectivity index (χ1) is 11.8. The van der Waals surface area contributed by atoms with E-state index in [1.165, 1.54) is 0 Å². The van der Waals surface area contributed by atoms with Crippen molar-refractivity contribution in [1.29, 1.82) is 0 Å². The Bertz CT molecular complexity index is 566. The van der Waals surface area contributed by atoms with Crippen LogP contribution < -0.4 is 0 Å². The van der Waals surface area contributed by atoms with Crippen molar-refractivity contribution in [3.8, 4) is 0 Å². The third kappa shape index (κ3) is 3.62. The van der Waals surface area contributed by atoms with E-state index in [4.69, 9.17) is 14.0 Å². The van der Waals surface area contributed by atoms with Gasteiger partial charge >= 0.3 is 0 Å². The van der Waals surface area contributed by atoms with Crippen LogP contribution >= 0.6 is 0 Å².